The van der Waals surface area contributed by atoms with Gasteiger partial charge in [0.2, 0.25) is 5.91 Å². The lowest BCUT2D eigenvalue weighted by molar-refractivity contribution is -0.115. The van der Waals surface area contributed by atoms with E-state index in [1.165, 1.54) is 16.9 Å². The Bertz CT molecular complexity index is 1060. The van der Waals surface area contributed by atoms with E-state index < -0.39 is 0 Å². The van der Waals surface area contributed by atoms with Crippen molar-refractivity contribution < 1.29 is 9.21 Å². The van der Waals surface area contributed by atoms with Gasteiger partial charge in [-0.3, -0.25) is 4.79 Å². The van der Waals surface area contributed by atoms with Gasteiger partial charge in [-0.2, -0.15) is 0 Å². The van der Waals surface area contributed by atoms with Crippen molar-refractivity contribution in [3.63, 3.8) is 0 Å². The minimum Gasteiger partial charge on any atom is -0.462 e. The standard InChI is InChI=1S/C23H21N3O2S/c1-16(17-6-3-2-4-7-17)24-18-9-11-19(12-10-18)25-22(27)14-20-15-29-23(26-20)21-8-5-13-28-21/h2-13,15-16,24H,14H2,1H3,(H,25,27). The summed E-state index contributed by atoms with van der Waals surface area (Å²) in [4.78, 5) is 16.8. The van der Waals surface area contributed by atoms with Gasteiger partial charge in [0.15, 0.2) is 10.8 Å². The fourth-order valence-electron chi connectivity index (χ4n) is 3.00. The Kier molecular flexibility index (Phi) is 5.72. The molecule has 4 aromatic rings. The molecule has 29 heavy (non-hydrogen) atoms. The van der Waals surface area contributed by atoms with Gasteiger partial charge in [-0.1, -0.05) is 30.3 Å². The van der Waals surface area contributed by atoms with E-state index in [2.05, 4.69) is 34.7 Å². The molecule has 0 saturated heterocycles. The zero-order valence-corrected chi connectivity index (χ0v) is 16.8. The van der Waals surface area contributed by atoms with Gasteiger partial charge in [-0.25, -0.2) is 4.98 Å². The highest BCUT2D eigenvalue weighted by molar-refractivity contribution is 7.13. The fraction of sp³-hybridized carbons (Fsp3) is 0.130. The molecule has 4 rings (SSSR count). The molecule has 1 amide bonds. The number of anilines is 2. The summed E-state index contributed by atoms with van der Waals surface area (Å²) in [5.41, 5.74) is 3.72. The average molecular weight is 404 g/mol. The van der Waals surface area contributed by atoms with Crippen LogP contribution >= 0.6 is 11.3 Å². The van der Waals surface area contributed by atoms with Crippen molar-refractivity contribution in [3.8, 4) is 10.8 Å². The van der Waals surface area contributed by atoms with Crippen LogP contribution in [-0.2, 0) is 11.2 Å². The summed E-state index contributed by atoms with van der Waals surface area (Å²) >= 11 is 1.47. The molecule has 1 atom stereocenters. The van der Waals surface area contributed by atoms with Gasteiger partial charge in [0.05, 0.1) is 18.4 Å². The van der Waals surface area contributed by atoms with E-state index in [1.54, 1.807) is 6.26 Å². The van der Waals surface area contributed by atoms with Crippen molar-refractivity contribution >= 4 is 28.6 Å². The number of benzene rings is 2. The van der Waals surface area contributed by atoms with Gasteiger partial charge in [-0.15, -0.1) is 11.3 Å². The fourth-order valence-corrected chi connectivity index (χ4v) is 3.78. The molecule has 0 spiro atoms. The van der Waals surface area contributed by atoms with E-state index in [4.69, 9.17) is 4.42 Å². The number of amides is 1. The van der Waals surface area contributed by atoms with Crippen LogP contribution in [0.3, 0.4) is 0 Å². The molecule has 2 N–H and O–H groups in total. The van der Waals surface area contributed by atoms with Crippen LogP contribution in [-0.4, -0.2) is 10.9 Å². The van der Waals surface area contributed by atoms with E-state index in [-0.39, 0.29) is 18.4 Å². The van der Waals surface area contributed by atoms with Gasteiger partial charge in [-0.05, 0) is 48.9 Å². The van der Waals surface area contributed by atoms with Crippen LogP contribution in [0.5, 0.6) is 0 Å². The second-order valence-electron chi connectivity index (χ2n) is 6.70. The van der Waals surface area contributed by atoms with Crippen molar-refractivity contribution in [2.75, 3.05) is 10.6 Å². The molecule has 0 saturated carbocycles. The number of furan rings is 1. The molecule has 6 heteroatoms. The number of thiazole rings is 1. The number of rotatable bonds is 7. The Morgan fingerprint density at radius 1 is 1.03 bits per heavy atom. The third-order valence-corrected chi connectivity index (χ3v) is 5.38. The lowest BCUT2D eigenvalue weighted by Gasteiger charge is -2.16. The number of carbonyl (C=O) groups is 1. The molecule has 0 aliphatic heterocycles. The molecule has 0 radical (unpaired) electrons. The Labute approximate surface area is 173 Å². The second kappa shape index (κ2) is 8.75. The third-order valence-electron chi connectivity index (χ3n) is 4.48. The molecule has 2 heterocycles. The highest BCUT2D eigenvalue weighted by Crippen LogP contribution is 2.24. The van der Waals surface area contributed by atoms with Crippen molar-refractivity contribution in [2.24, 2.45) is 0 Å². The zero-order chi connectivity index (χ0) is 20.1. The number of carbonyl (C=O) groups excluding carboxylic acids is 1. The van der Waals surface area contributed by atoms with Crippen LogP contribution in [0.2, 0.25) is 0 Å². The molecule has 2 aromatic heterocycles. The molecule has 5 nitrogen and oxygen atoms in total. The number of hydrogen-bond acceptors (Lipinski definition) is 5. The summed E-state index contributed by atoms with van der Waals surface area (Å²) in [7, 11) is 0. The number of nitrogens with zero attached hydrogens (tertiary/aromatic N) is 1. The van der Waals surface area contributed by atoms with Crippen LogP contribution in [0.25, 0.3) is 10.8 Å². The summed E-state index contributed by atoms with van der Waals surface area (Å²) in [6.07, 6.45) is 1.84. The van der Waals surface area contributed by atoms with Crippen molar-refractivity contribution in [1.82, 2.24) is 4.98 Å². The maximum atomic E-state index is 12.3. The lowest BCUT2D eigenvalue weighted by Crippen LogP contribution is -2.14. The SMILES string of the molecule is CC(Nc1ccc(NC(=O)Cc2csc(-c3ccco3)n2)cc1)c1ccccc1. The molecular formula is C23H21N3O2S. The number of nitrogens with one attached hydrogen (secondary N) is 2. The van der Waals surface area contributed by atoms with Gasteiger partial charge in [0.25, 0.3) is 0 Å². The third kappa shape index (κ3) is 4.92. The molecule has 146 valence electrons. The van der Waals surface area contributed by atoms with E-state index >= 15 is 0 Å². The minimum atomic E-state index is -0.0975. The van der Waals surface area contributed by atoms with Crippen molar-refractivity contribution in [3.05, 3.63) is 89.6 Å². The van der Waals surface area contributed by atoms with Gasteiger partial charge in [0.1, 0.15) is 0 Å². The highest BCUT2D eigenvalue weighted by atomic mass is 32.1. The number of hydrogen-bond donors (Lipinski definition) is 2. The van der Waals surface area contributed by atoms with Crippen LogP contribution in [0.4, 0.5) is 11.4 Å². The molecule has 0 bridgehead atoms. The Morgan fingerprint density at radius 3 is 2.52 bits per heavy atom. The quantitative estimate of drug-likeness (QED) is 0.412. The largest absolute Gasteiger partial charge is 0.462 e. The number of aromatic nitrogens is 1. The molecule has 0 aliphatic rings. The summed E-state index contributed by atoms with van der Waals surface area (Å²) in [5.74, 6) is 0.620. The van der Waals surface area contributed by atoms with Crippen LogP contribution in [0, 0.1) is 0 Å². The summed E-state index contributed by atoms with van der Waals surface area (Å²) in [6, 6.07) is 21.9. The summed E-state index contributed by atoms with van der Waals surface area (Å²) in [6.45, 7) is 2.12. The predicted molar refractivity (Wildman–Crippen MR) is 117 cm³/mol. The molecular weight excluding hydrogens is 382 g/mol. The van der Waals surface area contributed by atoms with Crippen LogP contribution in [0.1, 0.15) is 24.2 Å². The van der Waals surface area contributed by atoms with Gasteiger partial charge < -0.3 is 15.1 Å². The van der Waals surface area contributed by atoms with Gasteiger partial charge >= 0.3 is 0 Å². The Morgan fingerprint density at radius 2 is 1.79 bits per heavy atom. The molecule has 0 aliphatic carbocycles. The van der Waals surface area contributed by atoms with E-state index in [0.717, 1.165) is 27.8 Å². The summed E-state index contributed by atoms with van der Waals surface area (Å²) in [5, 5.41) is 9.05. The van der Waals surface area contributed by atoms with E-state index in [1.807, 2.05) is 60.0 Å². The average Bonchev–Trinajstić information content (AvgIpc) is 3.42. The topological polar surface area (TPSA) is 67.2 Å². The minimum absolute atomic E-state index is 0.0975. The highest BCUT2D eigenvalue weighted by Gasteiger charge is 2.11. The smallest absolute Gasteiger partial charge is 0.230 e. The van der Waals surface area contributed by atoms with Crippen molar-refractivity contribution in [1.29, 1.82) is 0 Å². The molecule has 1 unspecified atom stereocenters. The Balaban J connectivity index is 1.32. The Hall–Kier alpha value is -3.38. The normalized spacial score (nSPS) is 11.8. The van der Waals surface area contributed by atoms with Crippen LogP contribution in [0.15, 0.2) is 82.8 Å². The monoisotopic (exact) mass is 403 g/mol. The van der Waals surface area contributed by atoms with Crippen LogP contribution < -0.4 is 10.6 Å². The maximum absolute atomic E-state index is 12.3. The zero-order valence-electron chi connectivity index (χ0n) is 16.0. The van der Waals surface area contributed by atoms with E-state index in [0.29, 0.717) is 0 Å². The first-order chi connectivity index (χ1) is 14.2. The first-order valence-corrected chi connectivity index (χ1v) is 10.2. The van der Waals surface area contributed by atoms with Gasteiger partial charge in [0, 0.05) is 22.8 Å². The predicted octanol–water partition coefficient (Wildman–Crippen LogP) is 5.76. The van der Waals surface area contributed by atoms with E-state index in [9.17, 15) is 4.79 Å². The second-order valence-corrected chi connectivity index (χ2v) is 7.56. The van der Waals surface area contributed by atoms with Crippen molar-refractivity contribution in [2.45, 2.75) is 19.4 Å². The molecule has 2 aromatic carbocycles. The maximum Gasteiger partial charge on any atom is 0.230 e. The first-order valence-electron chi connectivity index (χ1n) is 9.37. The molecule has 0 fully saturated rings. The lowest BCUT2D eigenvalue weighted by atomic mass is 10.1. The summed E-state index contributed by atoms with van der Waals surface area (Å²) < 4.78 is 5.34. The first kappa shape index (κ1) is 19.0.